The summed E-state index contributed by atoms with van der Waals surface area (Å²) in [6.07, 6.45) is 0. The molecule has 2 amide bonds. The third kappa shape index (κ3) is 4.77. The molecule has 152 valence electrons. The summed E-state index contributed by atoms with van der Waals surface area (Å²) >= 11 is 0. The zero-order valence-electron chi connectivity index (χ0n) is 17.2. The lowest BCUT2D eigenvalue weighted by Gasteiger charge is -2.28. The number of hydrogen-bond donors (Lipinski definition) is 2. The van der Waals surface area contributed by atoms with E-state index in [4.69, 9.17) is 9.47 Å². The summed E-state index contributed by atoms with van der Waals surface area (Å²) in [5, 5.41) is 5.43. The summed E-state index contributed by atoms with van der Waals surface area (Å²) in [7, 11) is 0. The zero-order valence-corrected chi connectivity index (χ0v) is 17.2. The van der Waals surface area contributed by atoms with Crippen molar-refractivity contribution in [2.45, 2.75) is 40.3 Å². The van der Waals surface area contributed by atoms with Crippen LogP contribution in [0.15, 0.2) is 53.7 Å². The monoisotopic (exact) mass is 394 g/mol. The fraction of sp³-hybridized carbons (Fsp3) is 0.304. The van der Waals surface area contributed by atoms with E-state index < -0.39 is 12.0 Å². The second-order valence-corrected chi connectivity index (χ2v) is 7.08. The Hall–Kier alpha value is -3.28. The SMILES string of the molecule is CCOC(=O)C1=C(C)NC(=O)NC1c1ccc(OCc2cc(C)ccc2C)cc1. The summed E-state index contributed by atoms with van der Waals surface area (Å²) in [5.41, 5.74) is 5.19. The molecule has 6 nitrogen and oxygen atoms in total. The lowest BCUT2D eigenvalue weighted by Crippen LogP contribution is -2.45. The average molecular weight is 394 g/mol. The second-order valence-electron chi connectivity index (χ2n) is 7.08. The Labute approximate surface area is 170 Å². The zero-order chi connectivity index (χ0) is 21.0. The molecule has 6 heteroatoms. The van der Waals surface area contributed by atoms with Crippen LogP contribution in [0.4, 0.5) is 4.79 Å². The molecule has 2 N–H and O–H groups in total. The molecule has 0 spiro atoms. The number of ether oxygens (including phenoxy) is 2. The van der Waals surface area contributed by atoms with Crippen LogP contribution >= 0.6 is 0 Å². The number of rotatable bonds is 6. The molecule has 1 unspecified atom stereocenters. The molecule has 2 aromatic carbocycles. The number of carbonyl (C=O) groups is 2. The molecule has 2 aromatic rings. The van der Waals surface area contributed by atoms with Gasteiger partial charge in [0.1, 0.15) is 12.4 Å². The van der Waals surface area contributed by atoms with Gasteiger partial charge >= 0.3 is 12.0 Å². The maximum atomic E-state index is 12.4. The van der Waals surface area contributed by atoms with Crippen LogP contribution in [0.25, 0.3) is 0 Å². The van der Waals surface area contributed by atoms with Crippen molar-refractivity contribution >= 4 is 12.0 Å². The molecular weight excluding hydrogens is 368 g/mol. The molecule has 0 bridgehead atoms. The quantitative estimate of drug-likeness (QED) is 0.724. The summed E-state index contributed by atoms with van der Waals surface area (Å²) in [5.74, 6) is 0.269. The van der Waals surface area contributed by atoms with Gasteiger partial charge in [0.15, 0.2) is 0 Å². The first-order valence-corrected chi connectivity index (χ1v) is 9.63. The van der Waals surface area contributed by atoms with Crippen molar-refractivity contribution < 1.29 is 19.1 Å². The van der Waals surface area contributed by atoms with Crippen molar-refractivity contribution in [1.82, 2.24) is 10.6 Å². The maximum Gasteiger partial charge on any atom is 0.338 e. The molecule has 0 saturated heterocycles. The fourth-order valence-corrected chi connectivity index (χ4v) is 3.30. The average Bonchev–Trinajstić information content (AvgIpc) is 2.68. The number of allylic oxidation sites excluding steroid dienone is 1. The predicted molar refractivity (Wildman–Crippen MR) is 110 cm³/mol. The number of nitrogens with one attached hydrogen (secondary N) is 2. The molecule has 1 atom stereocenters. The highest BCUT2D eigenvalue weighted by Gasteiger charge is 2.32. The standard InChI is InChI=1S/C23H26N2O4/c1-5-28-22(26)20-16(4)24-23(27)25-21(20)17-8-10-19(11-9-17)29-13-18-12-14(2)6-7-15(18)3/h6-12,21H,5,13H2,1-4H3,(H2,24,25,27). The van der Waals surface area contributed by atoms with Gasteiger partial charge in [0.05, 0.1) is 18.2 Å². The van der Waals surface area contributed by atoms with E-state index in [9.17, 15) is 9.59 Å². The number of benzene rings is 2. The molecular formula is C23H26N2O4. The number of carbonyl (C=O) groups excluding carboxylic acids is 2. The van der Waals surface area contributed by atoms with E-state index in [1.54, 1.807) is 13.8 Å². The Morgan fingerprint density at radius 2 is 1.79 bits per heavy atom. The highest BCUT2D eigenvalue weighted by atomic mass is 16.5. The molecule has 0 fully saturated rings. The number of urea groups is 1. The minimum Gasteiger partial charge on any atom is -0.489 e. The topological polar surface area (TPSA) is 76.7 Å². The van der Waals surface area contributed by atoms with Crippen LogP contribution in [0.2, 0.25) is 0 Å². The molecule has 0 saturated carbocycles. The first-order chi connectivity index (χ1) is 13.9. The van der Waals surface area contributed by atoms with E-state index in [2.05, 4.69) is 42.7 Å². The lowest BCUT2D eigenvalue weighted by molar-refractivity contribution is -0.139. The van der Waals surface area contributed by atoms with Crippen LogP contribution in [0.1, 0.15) is 42.1 Å². The molecule has 0 aromatic heterocycles. The van der Waals surface area contributed by atoms with Crippen molar-refractivity contribution in [2.24, 2.45) is 0 Å². The highest BCUT2D eigenvalue weighted by molar-refractivity contribution is 5.95. The lowest BCUT2D eigenvalue weighted by atomic mass is 9.95. The highest BCUT2D eigenvalue weighted by Crippen LogP contribution is 2.29. The first-order valence-electron chi connectivity index (χ1n) is 9.63. The van der Waals surface area contributed by atoms with Gasteiger partial charge < -0.3 is 20.1 Å². The van der Waals surface area contributed by atoms with Crippen molar-refractivity contribution in [2.75, 3.05) is 6.61 Å². The van der Waals surface area contributed by atoms with E-state index >= 15 is 0 Å². The predicted octanol–water partition coefficient (Wildman–Crippen LogP) is 4.07. The van der Waals surface area contributed by atoms with Crippen LogP contribution in [0.5, 0.6) is 5.75 Å². The van der Waals surface area contributed by atoms with Crippen molar-refractivity contribution in [1.29, 1.82) is 0 Å². The summed E-state index contributed by atoms with van der Waals surface area (Å²) < 4.78 is 11.1. The Kier molecular flexibility index (Phi) is 6.22. The Bertz CT molecular complexity index is 948. The third-order valence-corrected chi connectivity index (χ3v) is 4.88. The molecule has 0 radical (unpaired) electrons. The van der Waals surface area contributed by atoms with Crippen molar-refractivity contribution in [3.05, 3.63) is 76.0 Å². The van der Waals surface area contributed by atoms with E-state index in [-0.39, 0.29) is 12.6 Å². The van der Waals surface area contributed by atoms with Crippen LogP contribution in [-0.4, -0.2) is 18.6 Å². The fourth-order valence-electron chi connectivity index (χ4n) is 3.30. The number of amides is 2. The third-order valence-electron chi connectivity index (χ3n) is 4.88. The van der Waals surface area contributed by atoms with Gasteiger partial charge in [-0.25, -0.2) is 9.59 Å². The maximum absolute atomic E-state index is 12.4. The minimum atomic E-state index is -0.573. The van der Waals surface area contributed by atoms with Gasteiger partial charge in [0, 0.05) is 5.70 Å². The van der Waals surface area contributed by atoms with E-state index in [0.29, 0.717) is 23.6 Å². The Balaban J connectivity index is 1.77. The van der Waals surface area contributed by atoms with E-state index in [0.717, 1.165) is 11.1 Å². The number of esters is 1. The summed E-state index contributed by atoms with van der Waals surface area (Å²) in [4.78, 5) is 24.3. The van der Waals surface area contributed by atoms with Gasteiger partial charge in [0.25, 0.3) is 0 Å². The molecule has 1 aliphatic rings. The van der Waals surface area contributed by atoms with Gasteiger partial charge in [0.2, 0.25) is 0 Å². The van der Waals surface area contributed by atoms with Crippen LogP contribution in [-0.2, 0) is 16.1 Å². The van der Waals surface area contributed by atoms with Gasteiger partial charge in [-0.05, 0) is 56.5 Å². The molecule has 3 rings (SSSR count). The van der Waals surface area contributed by atoms with Gasteiger partial charge in [-0.2, -0.15) is 0 Å². The molecule has 1 aliphatic heterocycles. The minimum absolute atomic E-state index is 0.265. The van der Waals surface area contributed by atoms with Crippen LogP contribution in [0.3, 0.4) is 0 Å². The largest absolute Gasteiger partial charge is 0.489 e. The van der Waals surface area contributed by atoms with Crippen molar-refractivity contribution in [3.63, 3.8) is 0 Å². The van der Waals surface area contributed by atoms with Gasteiger partial charge in [-0.1, -0.05) is 35.9 Å². The smallest absolute Gasteiger partial charge is 0.338 e. The Morgan fingerprint density at radius 1 is 1.07 bits per heavy atom. The normalized spacial score (nSPS) is 16.1. The van der Waals surface area contributed by atoms with E-state index in [1.807, 2.05) is 24.3 Å². The molecule has 29 heavy (non-hydrogen) atoms. The Morgan fingerprint density at radius 3 is 2.48 bits per heavy atom. The van der Waals surface area contributed by atoms with Crippen molar-refractivity contribution in [3.8, 4) is 5.75 Å². The van der Waals surface area contributed by atoms with Gasteiger partial charge in [-0.15, -0.1) is 0 Å². The van der Waals surface area contributed by atoms with Crippen LogP contribution in [0, 0.1) is 13.8 Å². The van der Waals surface area contributed by atoms with Crippen LogP contribution < -0.4 is 15.4 Å². The first kappa shape index (κ1) is 20.5. The molecule has 1 heterocycles. The van der Waals surface area contributed by atoms with E-state index in [1.165, 1.54) is 11.1 Å². The second kappa shape index (κ2) is 8.82. The van der Waals surface area contributed by atoms with Gasteiger partial charge in [-0.3, -0.25) is 0 Å². The molecule has 0 aliphatic carbocycles. The number of hydrogen-bond acceptors (Lipinski definition) is 4. The summed E-state index contributed by atoms with van der Waals surface area (Å²) in [6.45, 7) is 8.30. The number of aryl methyl sites for hydroxylation is 2. The summed E-state index contributed by atoms with van der Waals surface area (Å²) in [6, 6.07) is 12.7.